The van der Waals surface area contributed by atoms with E-state index in [1.54, 1.807) is 25.0 Å². The van der Waals surface area contributed by atoms with Crippen molar-refractivity contribution in [2.45, 2.75) is 37.1 Å². The summed E-state index contributed by atoms with van der Waals surface area (Å²) in [5, 5.41) is 0. The van der Waals surface area contributed by atoms with Crippen molar-refractivity contribution in [3.05, 3.63) is 53.6 Å². The third kappa shape index (κ3) is 4.76. The van der Waals surface area contributed by atoms with E-state index in [4.69, 9.17) is 9.47 Å². The van der Waals surface area contributed by atoms with Crippen LogP contribution in [0.4, 0.5) is 0 Å². The van der Waals surface area contributed by atoms with Crippen molar-refractivity contribution in [1.29, 1.82) is 0 Å². The van der Waals surface area contributed by atoms with Gasteiger partial charge < -0.3 is 14.4 Å². The van der Waals surface area contributed by atoms with Crippen LogP contribution in [-0.4, -0.2) is 46.5 Å². The van der Waals surface area contributed by atoms with Crippen LogP contribution < -0.4 is 14.2 Å². The maximum atomic E-state index is 13.0. The van der Waals surface area contributed by atoms with Gasteiger partial charge in [0.05, 0.1) is 24.7 Å². The predicted octanol–water partition coefficient (Wildman–Crippen LogP) is 3.37. The van der Waals surface area contributed by atoms with Crippen molar-refractivity contribution in [1.82, 2.24) is 9.62 Å². The van der Waals surface area contributed by atoms with Crippen molar-refractivity contribution in [2.75, 3.05) is 27.3 Å². The molecule has 0 radical (unpaired) electrons. The summed E-state index contributed by atoms with van der Waals surface area (Å²) in [5.74, 6) is 0.757. The summed E-state index contributed by atoms with van der Waals surface area (Å²) in [5.41, 5.74) is 0.980. The number of sulfonamides is 1. The topological polar surface area (TPSA) is 84.9 Å². The number of piperidine rings is 1. The molecule has 0 aliphatic carbocycles. The zero-order valence-corrected chi connectivity index (χ0v) is 18.4. The van der Waals surface area contributed by atoms with E-state index >= 15 is 0 Å². The molecule has 0 spiro atoms. The average Bonchev–Trinajstić information content (AvgIpc) is 2.78. The minimum atomic E-state index is -3.88. The van der Waals surface area contributed by atoms with E-state index in [-0.39, 0.29) is 16.4 Å². The van der Waals surface area contributed by atoms with Gasteiger partial charge in [-0.3, -0.25) is 4.79 Å². The molecule has 0 saturated carbocycles. The van der Waals surface area contributed by atoms with Gasteiger partial charge in [0.25, 0.3) is 5.91 Å². The van der Waals surface area contributed by atoms with Gasteiger partial charge in [0.1, 0.15) is 11.5 Å². The summed E-state index contributed by atoms with van der Waals surface area (Å²) in [6, 6.07) is 11.1. The second kappa shape index (κ2) is 9.49. The molecule has 1 atom stereocenters. The number of ether oxygens (including phenoxy) is 2. The van der Waals surface area contributed by atoms with Crippen molar-refractivity contribution in [2.24, 2.45) is 0 Å². The fraction of sp³-hybridized carbons (Fsp3) is 0.409. The first-order chi connectivity index (χ1) is 14.4. The summed E-state index contributed by atoms with van der Waals surface area (Å²) in [7, 11) is -0.862. The minimum absolute atomic E-state index is 0.0189. The number of benzene rings is 2. The molecule has 0 unspecified atom stereocenters. The van der Waals surface area contributed by atoms with Crippen LogP contribution in [0.3, 0.4) is 0 Å². The van der Waals surface area contributed by atoms with E-state index in [0.29, 0.717) is 24.6 Å². The van der Waals surface area contributed by atoms with E-state index < -0.39 is 16.1 Å². The molecule has 1 N–H and O–H groups in total. The highest BCUT2D eigenvalue weighted by Gasteiger charge is 2.26. The molecule has 1 fully saturated rings. The number of nitrogens with one attached hydrogen (secondary N) is 1. The van der Waals surface area contributed by atoms with Crippen LogP contribution in [0.5, 0.6) is 11.5 Å². The van der Waals surface area contributed by atoms with Gasteiger partial charge in [-0.15, -0.1) is 0 Å². The Bertz CT molecular complexity index is 1000. The summed E-state index contributed by atoms with van der Waals surface area (Å²) in [6.45, 7) is 3.09. The Morgan fingerprint density at radius 2 is 1.67 bits per heavy atom. The number of rotatable bonds is 7. The van der Waals surface area contributed by atoms with Gasteiger partial charge in [0.2, 0.25) is 10.0 Å². The lowest BCUT2D eigenvalue weighted by Gasteiger charge is -2.27. The number of carbonyl (C=O) groups excluding carboxylic acids is 1. The van der Waals surface area contributed by atoms with E-state index in [1.165, 1.54) is 25.3 Å². The smallest absolute Gasteiger partial charge is 0.257 e. The summed E-state index contributed by atoms with van der Waals surface area (Å²) in [6.07, 6.45) is 2.99. The van der Waals surface area contributed by atoms with E-state index in [0.717, 1.165) is 24.8 Å². The Hall–Kier alpha value is -2.58. The first kappa shape index (κ1) is 22.1. The molecule has 0 bridgehead atoms. The molecule has 3 rings (SSSR count). The highest BCUT2D eigenvalue weighted by atomic mass is 32.2. The molecule has 0 aromatic heterocycles. The molecule has 1 aliphatic heterocycles. The Morgan fingerprint density at radius 1 is 1.00 bits per heavy atom. The number of hydrogen-bond acceptors (Lipinski definition) is 5. The SMILES string of the molecule is COc1ccc(S(=O)(=O)N[C@H](C)c2ccccc2OC)cc1C(=O)N1CCCCC1. The zero-order valence-electron chi connectivity index (χ0n) is 17.6. The minimum Gasteiger partial charge on any atom is -0.496 e. The summed E-state index contributed by atoms with van der Waals surface area (Å²) in [4.78, 5) is 14.8. The summed E-state index contributed by atoms with van der Waals surface area (Å²) >= 11 is 0. The predicted molar refractivity (Wildman–Crippen MR) is 114 cm³/mol. The third-order valence-electron chi connectivity index (χ3n) is 5.29. The maximum absolute atomic E-state index is 13.0. The van der Waals surface area contributed by atoms with Crippen molar-refractivity contribution in [3.8, 4) is 11.5 Å². The second-order valence-electron chi connectivity index (χ2n) is 7.30. The Kier molecular flexibility index (Phi) is 6.99. The lowest BCUT2D eigenvalue weighted by molar-refractivity contribution is 0.0720. The monoisotopic (exact) mass is 432 g/mol. The Labute approximate surface area is 178 Å². The lowest BCUT2D eigenvalue weighted by atomic mass is 10.1. The number of amides is 1. The van der Waals surface area contributed by atoms with Crippen LogP contribution >= 0.6 is 0 Å². The van der Waals surface area contributed by atoms with Crippen LogP contribution in [0.1, 0.15) is 48.1 Å². The molecule has 7 nitrogen and oxygen atoms in total. The summed E-state index contributed by atoms with van der Waals surface area (Å²) < 4.78 is 39.4. The largest absolute Gasteiger partial charge is 0.496 e. The van der Waals surface area contributed by atoms with Gasteiger partial charge in [0, 0.05) is 24.7 Å². The van der Waals surface area contributed by atoms with Gasteiger partial charge in [-0.1, -0.05) is 18.2 Å². The first-order valence-corrected chi connectivity index (χ1v) is 11.5. The lowest BCUT2D eigenvalue weighted by Crippen LogP contribution is -2.36. The van der Waals surface area contributed by atoms with Crippen LogP contribution in [0.2, 0.25) is 0 Å². The van der Waals surface area contributed by atoms with Gasteiger partial charge >= 0.3 is 0 Å². The number of hydrogen-bond donors (Lipinski definition) is 1. The number of carbonyl (C=O) groups is 1. The first-order valence-electron chi connectivity index (χ1n) is 10.00. The maximum Gasteiger partial charge on any atom is 0.257 e. The molecular formula is C22H28N2O5S. The highest BCUT2D eigenvalue weighted by Crippen LogP contribution is 2.28. The fourth-order valence-electron chi connectivity index (χ4n) is 3.68. The third-order valence-corrected chi connectivity index (χ3v) is 6.83. The second-order valence-corrected chi connectivity index (χ2v) is 9.01. The van der Waals surface area contributed by atoms with Crippen molar-refractivity contribution >= 4 is 15.9 Å². The zero-order chi connectivity index (χ0) is 21.7. The molecule has 8 heteroatoms. The molecule has 30 heavy (non-hydrogen) atoms. The molecule has 2 aromatic rings. The van der Waals surface area contributed by atoms with Crippen molar-refractivity contribution in [3.63, 3.8) is 0 Å². The molecular weight excluding hydrogens is 404 g/mol. The number of nitrogens with zero attached hydrogens (tertiary/aromatic N) is 1. The van der Waals surface area contributed by atoms with Gasteiger partial charge in [0.15, 0.2) is 0 Å². The van der Waals surface area contributed by atoms with E-state index in [1.807, 2.05) is 18.2 Å². The molecule has 162 valence electrons. The van der Waals surface area contributed by atoms with Crippen LogP contribution in [0, 0.1) is 0 Å². The number of likely N-dealkylation sites (tertiary alicyclic amines) is 1. The normalized spacial score (nSPS) is 15.5. The standard InChI is InChI=1S/C22H28N2O5S/c1-16(18-9-5-6-10-20(18)28-2)23-30(26,27)17-11-12-21(29-3)19(15-17)22(25)24-13-7-4-8-14-24/h5-6,9-12,15-16,23H,4,7-8,13-14H2,1-3H3/t16-/m1/s1. The van der Waals surface area contributed by atoms with Crippen LogP contribution in [0.25, 0.3) is 0 Å². The highest BCUT2D eigenvalue weighted by molar-refractivity contribution is 7.89. The molecule has 2 aromatic carbocycles. The van der Waals surface area contributed by atoms with Crippen LogP contribution in [0.15, 0.2) is 47.4 Å². The molecule has 1 aliphatic rings. The quantitative estimate of drug-likeness (QED) is 0.725. The average molecular weight is 433 g/mol. The van der Waals surface area contributed by atoms with Gasteiger partial charge in [-0.2, -0.15) is 0 Å². The number of methoxy groups -OCH3 is 2. The van der Waals surface area contributed by atoms with Crippen molar-refractivity contribution < 1.29 is 22.7 Å². The van der Waals surface area contributed by atoms with E-state index in [9.17, 15) is 13.2 Å². The Morgan fingerprint density at radius 3 is 2.33 bits per heavy atom. The Balaban J connectivity index is 1.89. The molecule has 1 saturated heterocycles. The molecule has 1 amide bonds. The van der Waals surface area contributed by atoms with Crippen LogP contribution in [-0.2, 0) is 10.0 Å². The molecule has 1 heterocycles. The van der Waals surface area contributed by atoms with Gasteiger partial charge in [-0.05, 0) is 50.5 Å². The van der Waals surface area contributed by atoms with Gasteiger partial charge in [-0.25, -0.2) is 13.1 Å². The number of para-hydroxylation sites is 1. The van der Waals surface area contributed by atoms with E-state index in [2.05, 4.69) is 4.72 Å². The fourth-order valence-corrected chi connectivity index (χ4v) is 4.93.